The molecule has 22 heavy (non-hydrogen) atoms. The van der Waals surface area contributed by atoms with E-state index in [1.165, 1.54) is 16.2 Å². The Bertz CT molecular complexity index is 825. The summed E-state index contributed by atoms with van der Waals surface area (Å²) in [4.78, 5) is 12.2. The lowest BCUT2D eigenvalue weighted by Crippen LogP contribution is -2.23. The zero-order valence-corrected chi connectivity index (χ0v) is 12.9. The van der Waals surface area contributed by atoms with Crippen molar-refractivity contribution >= 4 is 0 Å². The molecule has 110 valence electrons. The number of nitriles is 2. The highest BCUT2D eigenvalue weighted by molar-refractivity contribution is 5.61. The van der Waals surface area contributed by atoms with E-state index < -0.39 is 5.56 Å². The third-order valence-corrected chi connectivity index (χ3v) is 3.57. The van der Waals surface area contributed by atoms with Gasteiger partial charge in [-0.2, -0.15) is 10.5 Å². The molecular weight excluding hydrogens is 274 g/mol. The monoisotopic (exact) mass is 291 g/mol. The summed E-state index contributed by atoms with van der Waals surface area (Å²) >= 11 is 0. The molecule has 4 heteroatoms. The Balaban J connectivity index is 2.58. The maximum atomic E-state index is 12.2. The van der Waals surface area contributed by atoms with Crippen LogP contribution < -0.4 is 5.56 Å². The zero-order valence-electron chi connectivity index (χ0n) is 12.9. The Kier molecular flexibility index (Phi) is 4.15. The molecule has 0 saturated carbocycles. The predicted octanol–water partition coefficient (Wildman–Crippen LogP) is 3.21. The minimum absolute atomic E-state index is 0.0466. The van der Waals surface area contributed by atoms with Gasteiger partial charge in [0.05, 0.1) is 11.8 Å². The second kappa shape index (κ2) is 5.87. The Labute approximate surface area is 129 Å². The van der Waals surface area contributed by atoms with Gasteiger partial charge in [-0.15, -0.1) is 0 Å². The second-order valence-electron chi connectivity index (χ2n) is 6.12. The highest BCUT2D eigenvalue weighted by Crippen LogP contribution is 2.25. The average molecular weight is 291 g/mol. The molecule has 0 spiro atoms. The highest BCUT2D eigenvalue weighted by atomic mass is 16.1. The lowest BCUT2D eigenvalue weighted by molar-refractivity contribution is 0.590. The first-order chi connectivity index (χ1) is 10.4. The van der Waals surface area contributed by atoms with Crippen LogP contribution in [-0.4, -0.2) is 4.57 Å². The van der Waals surface area contributed by atoms with Crippen molar-refractivity contribution in [2.24, 2.45) is 0 Å². The molecule has 2 rings (SSSR count). The fourth-order valence-electron chi connectivity index (χ4n) is 2.28. The molecule has 1 heterocycles. The summed E-state index contributed by atoms with van der Waals surface area (Å²) in [6, 6.07) is 15.0. The summed E-state index contributed by atoms with van der Waals surface area (Å²) in [5.41, 5.74) is 2.36. The summed E-state index contributed by atoms with van der Waals surface area (Å²) in [7, 11) is 0. The first-order valence-corrected chi connectivity index (χ1v) is 7.00. The number of hydrogen-bond acceptors (Lipinski definition) is 3. The van der Waals surface area contributed by atoms with Crippen molar-refractivity contribution in [3.8, 4) is 23.4 Å². The number of hydrogen-bond donors (Lipinski definition) is 0. The van der Waals surface area contributed by atoms with Crippen LogP contribution >= 0.6 is 0 Å². The Hall–Kier alpha value is -2.85. The first kappa shape index (κ1) is 15.5. The van der Waals surface area contributed by atoms with E-state index >= 15 is 0 Å². The van der Waals surface area contributed by atoms with Gasteiger partial charge in [-0.05, 0) is 28.7 Å². The standard InChI is InChI=1S/C18H17N3O/c1-18(2,3)15-7-4-13(5-8-15)16-9-6-14(12-20)17(22)21(16)11-10-19/h4-9H,11H2,1-3H3. The summed E-state index contributed by atoms with van der Waals surface area (Å²) < 4.78 is 1.34. The van der Waals surface area contributed by atoms with Crippen LogP contribution in [-0.2, 0) is 12.0 Å². The largest absolute Gasteiger partial charge is 0.293 e. The molecule has 0 unspecified atom stereocenters. The van der Waals surface area contributed by atoms with E-state index in [0.29, 0.717) is 5.69 Å². The third kappa shape index (κ3) is 2.92. The smallest absolute Gasteiger partial charge is 0.269 e. The van der Waals surface area contributed by atoms with Gasteiger partial charge in [0.1, 0.15) is 18.2 Å². The zero-order chi connectivity index (χ0) is 16.3. The Morgan fingerprint density at radius 3 is 2.18 bits per heavy atom. The van der Waals surface area contributed by atoms with Crippen molar-refractivity contribution in [3.05, 3.63) is 57.9 Å². The van der Waals surface area contributed by atoms with Gasteiger partial charge in [0.2, 0.25) is 0 Å². The van der Waals surface area contributed by atoms with Gasteiger partial charge < -0.3 is 0 Å². The molecular formula is C18H17N3O. The van der Waals surface area contributed by atoms with E-state index in [2.05, 4.69) is 20.8 Å². The van der Waals surface area contributed by atoms with Crippen LogP contribution in [0.25, 0.3) is 11.3 Å². The van der Waals surface area contributed by atoms with Gasteiger partial charge >= 0.3 is 0 Å². The SMILES string of the molecule is CC(C)(C)c1ccc(-c2ccc(C#N)c(=O)n2CC#N)cc1. The maximum absolute atomic E-state index is 12.2. The summed E-state index contributed by atoms with van der Waals surface area (Å²) in [5, 5.41) is 17.9. The number of rotatable bonds is 2. The summed E-state index contributed by atoms with van der Waals surface area (Å²) in [6.45, 7) is 6.32. The molecule has 4 nitrogen and oxygen atoms in total. The molecule has 0 radical (unpaired) electrons. The van der Waals surface area contributed by atoms with Gasteiger partial charge in [0.25, 0.3) is 5.56 Å². The van der Waals surface area contributed by atoms with Crippen LogP contribution in [0.4, 0.5) is 0 Å². The molecule has 0 amide bonds. The van der Waals surface area contributed by atoms with E-state index in [-0.39, 0.29) is 17.5 Å². The van der Waals surface area contributed by atoms with Gasteiger partial charge in [0.15, 0.2) is 0 Å². The van der Waals surface area contributed by atoms with Crippen molar-refractivity contribution in [2.75, 3.05) is 0 Å². The minimum atomic E-state index is -0.429. The molecule has 0 aliphatic carbocycles. The molecule has 0 bridgehead atoms. The van der Waals surface area contributed by atoms with E-state index in [1.54, 1.807) is 6.07 Å². The molecule has 0 aliphatic rings. The maximum Gasteiger partial charge on any atom is 0.269 e. The Morgan fingerprint density at radius 2 is 1.68 bits per heavy atom. The van der Waals surface area contributed by atoms with Crippen molar-refractivity contribution in [3.63, 3.8) is 0 Å². The molecule has 0 aliphatic heterocycles. The van der Waals surface area contributed by atoms with Crippen LogP contribution in [0.1, 0.15) is 31.9 Å². The van der Waals surface area contributed by atoms with Crippen LogP contribution in [0.3, 0.4) is 0 Å². The number of pyridine rings is 1. The van der Waals surface area contributed by atoms with E-state index in [0.717, 1.165) is 5.56 Å². The van der Waals surface area contributed by atoms with Crippen LogP contribution in [0.5, 0.6) is 0 Å². The van der Waals surface area contributed by atoms with Crippen LogP contribution in [0.2, 0.25) is 0 Å². The summed E-state index contributed by atoms with van der Waals surface area (Å²) in [6.07, 6.45) is 0. The van der Waals surface area contributed by atoms with E-state index in [9.17, 15) is 4.79 Å². The molecule has 2 aromatic rings. The molecule has 0 N–H and O–H groups in total. The highest BCUT2D eigenvalue weighted by Gasteiger charge is 2.14. The van der Waals surface area contributed by atoms with E-state index in [4.69, 9.17) is 10.5 Å². The van der Waals surface area contributed by atoms with Crippen molar-refractivity contribution < 1.29 is 0 Å². The number of aromatic nitrogens is 1. The lowest BCUT2D eigenvalue weighted by Gasteiger charge is -2.19. The average Bonchev–Trinajstić information content (AvgIpc) is 2.49. The van der Waals surface area contributed by atoms with Gasteiger partial charge in [-0.1, -0.05) is 45.0 Å². The molecule has 1 aromatic heterocycles. The Morgan fingerprint density at radius 1 is 1.05 bits per heavy atom. The molecule has 1 aromatic carbocycles. The van der Waals surface area contributed by atoms with Crippen molar-refractivity contribution in [1.29, 1.82) is 10.5 Å². The summed E-state index contributed by atoms with van der Waals surface area (Å²) in [5.74, 6) is 0. The molecule has 0 fully saturated rings. The van der Waals surface area contributed by atoms with Gasteiger partial charge in [-0.3, -0.25) is 9.36 Å². The van der Waals surface area contributed by atoms with Crippen molar-refractivity contribution in [2.45, 2.75) is 32.7 Å². The minimum Gasteiger partial charge on any atom is -0.293 e. The number of nitrogens with zero attached hydrogens (tertiary/aromatic N) is 3. The quantitative estimate of drug-likeness (QED) is 0.853. The van der Waals surface area contributed by atoms with Crippen LogP contribution in [0.15, 0.2) is 41.2 Å². The normalized spacial score (nSPS) is 10.8. The van der Waals surface area contributed by atoms with E-state index in [1.807, 2.05) is 36.4 Å². The molecule has 0 atom stereocenters. The fourth-order valence-corrected chi connectivity index (χ4v) is 2.28. The fraction of sp³-hybridized carbons (Fsp3) is 0.278. The topological polar surface area (TPSA) is 69.6 Å². The third-order valence-electron chi connectivity index (χ3n) is 3.57. The lowest BCUT2D eigenvalue weighted by atomic mass is 9.86. The van der Waals surface area contributed by atoms with Crippen LogP contribution in [0, 0.1) is 22.7 Å². The van der Waals surface area contributed by atoms with Gasteiger partial charge in [0, 0.05) is 0 Å². The number of benzene rings is 1. The second-order valence-corrected chi connectivity index (χ2v) is 6.12. The predicted molar refractivity (Wildman–Crippen MR) is 85.2 cm³/mol. The van der Waals surface area contributed by atoms with Crippen molar-refractivity contribution in [1.82, 2.24) is 4.57 Å². The first-order valence-electron chi connectivity index (χ1n) is 7.00. The van der Waals surface area contributed by atoms with Gasteiger partial charge in [-0.25, -0.2) is 0 Å². The molecule has 0 saturated heterocycles.